The molecule has 4 nitrogen and oxygen atoms in total. The van der Waals surface area contributed by atoms with Gasteiger partial charge in [-0.2, -0.15) is 0 Å². The summed E-state index contributed by atoms with van der Waals surface area (Å²) < 4.78 is 29.4. The highest BCUT2D eigenvalue weighted by Gasteiger charge is 2.66. The highest BCUT2D eigenvalue weighted by atomic mass is 16.7. The van der Waals surface area contributed by atoms with Crippen LogP contribution in [-0.2, 0) is 29.8 Å². The first-order chi connectivity index (χ1) is 24.4. The first-order valence-corrected chi connectivity index (χ1v) is 17.4. The highest BCUT2D eigenvalue weighted by Crippen LogP contribution is 2.57. The van der Waals surface area contributed by atoms with E-state index < -0.39 is 37.4 Å². The van der Waals surface area contributed by atoms with Gasteiger partial charge in [0.2, 0.25) is 0 Å². The van der Waals surface area contributed by atoms with E-state index in [1.807, 2.05) is 12.1 Å². The molecular formula is C44H40B2O4. The van der Waals surface area contributed by atoms with E-state index in [1.165, 1.54) is 0 Å². The van der Waals surface area contributed by atoms with Crippen molar-refractivity contribution in [3.05, 3.63) is 213 Å². The summed E-state index contributed by atoms with van der Waals surface area (Å²) in [5.41, 5.74) is 8.71. The Hall–Kier alpha value is -4.71. The lowest BCUT2D eigenvalue weighted by atomic mass is 9.49. The number of hydrogen-bond acceptors (Lipinski definition) is 4. The molecule has 246 valence electrons. The molecule has 0 bridgehead atoms. The van der Waals surface area contributed by atoms with Crippen LogP contribution in [0.1, 0.15) is 67.8 Å². The lowest BCUT2D eigenvalue weighted by Gasteiger charge is -2.38. The number of hydrogen-bond donors (Lipinski definition) is 0. The molecule has 50 heavy (non-hydrogen) atoms. The topological polar surface area (TPSA) is 36.9 Å². The monoisotopic (exact) mass is 654 g/mol. The smallest absolute Gasteiger partial charge is 0.403 e. The molecule has 6 aromatic rings. The minimum Gasteiger partial charge on any atom is -0.403 e. The van der Waals surface area contributed by atoms with E-state index in [0.29, 0.717) is 0 Å². The molecule has 0 amide bonds. The molecule has 0 unspecified atom stereocenters. The summed E-state index contributed by atoms with van der Waals surface area (Å²) in [6.45, 7) is 8.57. The maximum atomic E-state index is 7.47. The van der Waals surface area contributed by atoms with Gasteiger partial charge < -0.3 is 18.6 Å². The van der Waals surface area contributed by atoms with Crippen LogP contribution in [0.5, 0.6) is 0 Å². The molecule has 2 aliphatic heterocycles. The van der Waals surface area contributed by atoms with Gasteiger partial charge in [-0.25, -0.2) is 0 Å². The Bertz CT molecular complexity index is 1870. The first kappa shape index (κ1) is 32.5. The molecule has 0 aromatic heterocycles. The van der Waals surface area contributed by atoms with Crippen molar-refractivity contribution < 1.29 is 18.6 Å². The quantitative estimate of drug-likeness (QED) is 0.161. The fourth-order valence-electron chi connectivity index (χ4n) is 8.19. The second kappa shape index (κ2) is 13.2. The lowest BCUT2D eigenvalue weighted by molar-refractivity contribution is 0.0706. The summed E-state index contributed by atoms with van der Waals surface area (Å²) in [6.07, 6.45) is -0.990. The van der Waals surface area contributed by atoms with Gasteiger partial charge in [0, 0.05) is 0 Å². The largest absolute Gasteiger partial charge is 0.489 e. The van der Waals surface area contributed by atoms with Crippen molar-refractivity contribution in [2.24, 2.45) is 0 Å². The van der Waals surface area contributed by atoms with Crippen LogP contribution < -0.4 is 0 Å². The van der Waals surface area contributed by atoms with Gasteiger partial charge in [-0.1, -0.05) is 158 Å². The second-order valence-electron chi connectivity index (χ2n) is 13.6. The van der Waals surface area contributed by atoms with Crippen molar-refractivity contribution in [3.63, 3.8) is 0 Å². The van der Waals surface area contributed by atoms with Gasteiger partial charge in [0.1, 0.15) is 23.4 Å². The zero-order chi connectivity index (χ0) is 34.3. The average Bonchev–Trinajstić information content (AvgIpc) is 3.75. The predicted molar refractivity (Wildman–Crippen MR) is 200 cm³/mol. The molecule has 2 atom stereocenters. The molecule has 0 saturated carbocycles. The van der Waals surface area contributed by atoms with Crippen LogP contribution in [0.15, 0.2) is 158 Å². The lowest BCUT2D eigenvalue weighted by Crippen LogP contribution is -2.44. The van der Waals surface area contributed by atoms with Crippen LogP contribution in [0.2, 0.25) is 0 Å². The molecule has 2 saturated heterocycles. The Morgan fingerprint density at radius 1 is 0.360 bits per heavy atom. The van der Waals surface area contributed by atoms with Crippen molar-refractivity contribution in [1.29, 1.82) is 0 Å². The van der Waals surface area contributed by atoms with Gasteiger partial charge in [-0.05, 0) is 83.3 Å². The normalized spacial score (nSPS) is 19.5. The van der Waals surface area contributed by atoms with E-state index in [1.54, 1.807) is 0 Å². The second-order valence-corrected chi connectivity index (χ2v) is 13.6. The minimum atomic E-state index is -0.992. The Labute approximate surface area is 296 Å². The molecule has 6 heteroatoms. The summed E-state index contributed by atoms with van der Waals surface area (Å²) in [7, 11) is -1.75. The standard InChI is InChI=1S/C44H40B2O4/c1-31-19-11-15-27-37(31)43(38-28-16-12-20-32(38)2)41(35-23-7-5-8-24-35)47-45(49-43)46-48-42(36-25-9-6-10-26-36)44(50-46,39-29-17-13-21-33(39)3)40-30-18-14-22-34(40)4/h5-30,41-42H,1-4H3/t41-,42-/m1/s1. The summed E-state index contributed by atoms with van der Waals surface area (Å²) in [5.74, 6) is 0. The number of aryl methyl sites for hydroxylation is 4. The van der Waals surface area contributed by atoms with Gasteiger partial charge in [-0.15, -0.1) is 0 Å². The fourth-order valence-corrected chi connectivity index (χ4v) is 8.19. The highest BCUT2D eigenvalue weighted by molar-refractivity contribution is 7.11. The molecule has 8 rings (SSSR count). The summed E-state index contributed by atoms with van der Waals surface area (Å²) in [6, 6.07) is 54.6. The Balaban J connectivity index is 1.34. The Kier molecular flexibility index (Phi) is 8.58. The molecule has 2 aliphatic rings. The van der Waals surface area contributed by atoms with Crippen molar-refractivity contribution >= 4 is 14.0 Å². The fraction of sp³-hybridized carbons (Fsp3) is 0.182. The van der Waals surface area contributed by atoms with Crippen LogP contribution in [-0.4, -0.2) is 14.0 Å². The van der Waals surface area contributed by atoms with Crippen LogP contribution in [0.25, 0.3) is 0 Å². The SMILES string of the molecule is Cc1ccccc1C1(c2ccccc2C)OB(B2O[C@H](c3ccccc3)C(c3ccccc3C)(c3ccccc3C)O2)O[C@@H]1c1ccccc1. The van der Waals surface area contributed by atoms with E-state index in [2.05, 4.69) is 173 Å². The third-order valence-electron chi connectivity index (χ3n) is 10.5. The molecule has 0 N–H and O–H groups in total. The summed E-state index contributed by atoms with van der Waals surface area (Å²) >= 11 is 0. The molecule has 2 fully saturated rings. The van der Waals surface area contributed by atoms with Gasteiger partial charge in [0.15, 0.2) is 0 Å². The van der Waals surface area contributed by atoms with Gasteiger partial charge in [-0.3, -0.25) is 0 Å². The maximum Gasteiger partial charge on any atom is 0.489 e. The summed E-state index contributed by atoms with van der Waals surface area (Å²) in [4.78, 5) is 0. The van der Waals surface area contributed by atoms with Crippen LogP contribution in [0.3, 0.4) is 0 Å². The van der Waals surface area contributed by atoms with E-state index in [9.17, 15) is 0 Å². The van der Waals surface area contributed by atoms with E-state index in [-0.39, 0.29) is 0 Å². The number of benzene rings is 6. The van der Waals surface area contributed by atoms with Gasteiger partial charge in [0.25, 0.3) is 0 Å². The molecule has 0 aliphatic carbocycles. The maximum absolute atomic E-state index is 7.47. The number of rotatable bonds is 7. The van der Waals surface area contributed by atoms with E-state index >= 15 is 0 Å². The molecule has 0 radical (unpaired) electrons. The predicted octanol–water partition coefficient (Wildman–Crippen LogP) is 9.74. The van der Waals surface area contributed by atoms with Crippen molar-refractivity contribution in [1.82, 2.24) is 0 Å². The van der Waals surface area contributed by atoms with Crippen LogP contribution in [0.4, 0.5) is 0 Å². The van der Waals surface area contributed by atoms with Gasteiger partial charge >= 0.3 is 14.0 Å². The zero-order valence-electron chi connectivity index (χ0n) is 29.0. The van der Waals surface area contributed by atoms with Crippen molar-refractivity contribution in [3.8, 4) is 0 Å². The molecule has 0 spiro atoms. The van der Waals surface area contributed by atoms with E-state index in [4.69, 9.17) is 18.6 Å². The average molecular weight is 654 g/mol. The van der Waals surface area contributed by atoms with E-state index in [0.717, 1.165) is 55.6 Å². The molecule has 2 heterocycles. The Morgan fingerprint density at radius 3 is 0.900 bits per heavy atom. The van der Waals surface area contributed by atoms with Gasteiger partial charge in [0.05, 0.1) is 0 Å². The third kappa shape index (κ3) is 5.26. The Morgan fingerprint density at radius 2 is 0.620 bits per heavy atom. The zero-order valence-corrected chi connectivity index (χ0v) is 29.0. The van der Waals surface area contributed by atoms with Crippen LogP contribution >= 0.6 is 0 Å². The van der Waals surface area contributed by atoms with Crippen LogP contribution in [0, 0.1) is 27.7 Å². The van der Waals surface area contributed by atoms with Crippen molar-refractivity contribution in [2.45, 2.75) is 51.1 Å². The minimum absolute atomic E-state index is 0.495. The molecular weight excluding hydrogens is 614 g/mol. The first-order valence-electron chi connectivity index (χ1n) is 17.4. The van der Waals surface area contributed by atoms with Crippen molar-refractivity contribution in [2.75, 3.05) is 0 Å². The third-order valence-corrected chi connectivity index (χ3v) is 10.5. The summed E-state index contributed by atoms with van der Waals surface area (Å²) in [5, 5.41) is 0. The molecule has 6 aromatic carbocycles.